The molecule has 2 aromatic heterocycles. The lowest BCUT2D eigenvalue weighted by atomic mass is 10.0. The average Bonchev–Trinajstić information content (AvgIpc) is 2.89. The van der Waals surface area contributed by atoms with Gasteiger partial charge in [-0.05, 0) is 31.5 Å². The molecule has 1 saturated heterocycles. The minimum atomic E-state index is 0.425. The lowest BCUT2D eigenvalue weighted by Gasteiger charge is -2.21. The summed E-state index contributed by atoms with van der Waals surface area (Å²) in [5, 5.41) is 9.79. The summed E-state index contributed by atoms with van der Waals surface area (Å²) < 4.78 is 0. The van der Waals surface area contributed by atoms with Crippen molar-refractivity contribution in [2.24, 2.45) is 0 Å². The predicted octanol–water partition coefficient (Wildman–Crippen LogP) is 3.10. The first-order chi connectivity index (χ1) is 8.92. The largest absolute Gasteiger partial charge is 0.316 e. The van der Waals surface area contributed by atoms with Crippen LogP contribution in [-0.2, 0) is 0 Å². The molecule has 0 amide bonds. The molecule has 1 unspecified atom stereocenters. The molecular formula is C13H16N4S. The first-order valence-corrected chi connectivity index (χ1v) is 7.17. The van der Waals surface area contributed by atoms with Gasteiger partial charge >= 0.3 is 0 Å². The fraction of sp³-hybridized carbons (Fsp3) is 0.385. The van der Waals surface area contributed by atoms with Crippen LogP contribution >= 0.6 is 11.3 Å². The number of hydrogen-bond acceptors (Lipinski definition) is 5. The summed E-state index contributed by atoms with van der Waals surface area (Å²) in [6.45, 7) is 1.10. The monoisotopic (exact) mass is 260 g/mol. The summed E-state index contributed by atoms with van der Waals surface area (Å²) in [5.41, 5.74) is 1.15. The summed E-state index contributed by atoms with van der Waals surface area (Å²) in [5.74, 6) is 0.843. The van der Waals surface area contributed by atoms with Gasteiger partial charge in [-0.15, -0.1) is 11.3 Å². The van der Waals surface area contributed by atoms with Crippen molar-refractivity contribution in [3.8, 4) is 0 Å². The molecule has 2 N–H and O–H groups in total. The number of thiazole rings is 1. The van der Waals surface area contributed by atoms with Crippen LogP contribution < -0.4 is 10.6 Å². The SMILES string of the molecule is c1ccc(Nc2nc(C3CCCCN3)cs2)nc1. The minimum absolute atomic E-state index is 0.425. The highest BCUT2D eigenvalue weighted by Crippen LogP contribution is 2.27. The molecule has 2 aromatic rings. The van der Waals surface area contributed by atoms with Gasteiger partial charge in [-0.1, -0.05) is 12.5 Å². The molecule has 3 rings (SSSR count). The molecule has 94 valence electrons. The van der Waals surface area contributed by atoms with Gasteiger partial charge in [-0.3, -0.25) is 0 Å². The van der Waals surface area contributed by atoms with Gasteiger partial charge in [-0.25, -0.2) is 9.97 Å². The maximum Gasteiger partial charge on any atom is 0.188 e. The number of piperidine rings is 1. The summed E-state index contributed by atoms with van der Waals surface area (Å²) in [4.78, 5) is 8.87. The van der Waals surface area contributed by atoms with E-state index in [0.717, 1.165) is 23.2 Å². The number of nitrogens with zero attached hydrogens (tertiary/aromatic N) is 2. The normalized spacial score (nSPS) is 19.7. The zero-order valence-corrected chi connectivity index (χ0v) is 10.9. The number of nitrogens with one attached hydrogen (secondary N) is 2. The van der Waals surface area contributed by atoms with Crippen LogP contribution in [0.1, 0.15) is 31.0 Å². The van der Waals surface area contributed by atoms with Gasteiger partial charge in [0.25, 0.3) is 0 Å². The second kappa shape index (κ2) is 5.46. The van der Waals surface area contributed by atoms with Crippen LogP contribution in [-0.4, -0.2) is 16.5 Å². The molecule has 0 saturated carbocycles. The van der Waals surface area contributed by atoms with Crippen LogP contribution in [0.4, 0.5) is 10.9 Å². The van der Waals surface area contributed by atoms with Gasteiger partial charge in [-0.2, -0.15) is 0 Å². The van der Waals surface area contributed by atoms with E-state index in [0.29, 0.717) is 6.04 Å². The number of rotatable bonds is 3. The molecule has 5 heteroatoms. The van der Waals surface area contributed by atoms with Gasteiger partial charge in [0.15, 0.2) is 5.13 Å². The highest BCUT2D eigenvalue weighted by molar-refractivity contribution is 7.13. The predicted molar refractivity (Wildman–Crippen MR) is 74.2 cm³/mol. The van der Waals surface area contributed by atoms with E-state index in [9.17, 15) is 0 Å². The molecule has 4 nitrogen and oxygen atoms in total. The van der Waals surface area contributed by atoms with Gasteiger partial charge in [0, 0.05) is 11.6 Å². The van der Waals surface area contributed by atoms with E-state index in [1.54, 1.807) is 17.5 Å². The van der Waals surface area contributed by atoms with Crippen molar-refractivity contribution < 1.29 is 0 Å². The summed E-state index contributed by atoms with van der Waals surface area (Å²) in [6, 6.07) is 6.24. The molecule has 0 bridgehead atoms. The molecule has 0 radical (unpaired) electrons. The third-order valence-corrected chi connectivity index (χ3v) is 3.87. The quantitative estimate of drug-likeness (QED) is 0.890. The molecular weight excluding hydrogens is 244 g/mol. The van der Waals surface area contributed by atoms with Gasteiger partial charge in [0.05, 0.1) is 11.7 Å². The Hall–Kier alpha value is -1.46. The topological polar surface area (TPSA) is 49.8 Å². The number of anilines is 2. The first kappa shape index (κ1) is 11.6. The van der Waals surface area contributed by atoms with E-state index >= 15 is 0 Å². The van der Waals surface area contributed by atoms with Crippen LogP contribution in [0.5, 0.6) is 0 Å². The molecule has 3 heterocycles. The van der Waals surface area contributed by atoms with Crippen molar-refractivity contribution in [1.82, 2.24) is 15.3 Å². The highest BCUT2D eigenvalue weighted by atomic mass is 32.1. The smallest absolute Gasteiger partial charge is 0.188 e. The van der Waals surface area contributed by atoms with Crippen LogP contribution in [0.2, 0.25) is 0 Å². The van der Waals surface area contributed by atoms with Crippen molar-refractivity contribution in [2.45, 2.75) is 25.3 Å². The minimum Gasteiger partial charge on any atom is -0.316 e. The van der Waals surface area contributed by atoms with Gasteiger partial charge in [0.2, 0.25) is 0 Å². The van der Waals surface area contributed by atoms with Crippen LogP contribution in [0.15, 0.2) is 29.8 Å². The van der Waals surface area contributed by atoms with Gasteiger partial charge < -0.3 is 10.6 Å². The van der Waals surface area contributed by atoms with Crippen LogP contribution in [0.3, 0.4) is 0 Å². The molecule has 1 atom stereocenters. The summed E-state index contributed by atoms with van der Waals surface area (Å²) in [7, 11) is 0. The Bertz CT molecular complexity index is 491. The molecule has 0 aliphatic carbocycles. The van der Waals surface area contributed by atoms with E-state index in [2.05, 4.69) is 26.0 Å². The van der Waals surface area contributed by atoms with Crippen molar-refractivity contribution in [3.05, 3.63) is 35.5 Å². The van der Waals surface area contributed by atoms with Gasteiger partial charge in [0.1, 0.15) is 5.82 Å². The second-order valence-electron chi connectivity index (χ2n) is 4.42. The molecule has 1 aliphatic heterocycles. The second-order valence-corrected chi connectivity index (χ2v) is 5.28. The summed E-state index contributed by atoms with van der Waals surface area (Å²) in [6.07, 6.45) is 5.53. The van der Waals surface area contributed by atoms with Crippen molar-refractivity contribution in [3.63, 3.8) is 0 Å². The third-order valence-electron chi connectivity index (χ3n) is 3.09. The Morgan fingerprint density at radius 3 is 3.11 bits per heavy atom. The first-order valence-electron chi connectivity index (χ1n) is 6.29. The Labute approximate surface area is 110 Å². The lowest BCUT2D eigenvalue weighted by molar-refractivity contribution is 0.407. The molecule has 0 spiro atoms. The van der Waals surface area contributed by atoms with Crippen LogP contribution in [0, 0.1) is 0 Å². The molecule has 0 aromatic carbocycles. The fourth-order valence-electron chi connectivity index (χ4n) is 2.15. The lowest BCUT2D eigenvalue weighted by Crippen LogP contribution is -2.26. The standard InChI is InChI=1S/C13H16N4S/c1-3-7-14-10(5-1)11-9-18-13(16-11)17-12-6-2-4-8-15-12/h2,4,6,8-10,14H,1,3,5,7H2,(H,15,16,17). The van der Waals surface area contributed by atoms with Crippen molar-refractivity contribution >= 4 is 22.3 Å². The maximum absolute atomic E-state index is 4.63. The van der Waals surface area contributed by atoms with Crippen molar-refractivity contribution in [2.75, 3.05) is 11.9 Å². The van der Waals surface area contributed by atoms with Crippen LogP contribution in [0.25, 0.3) is 0 Å². The Morgan fingerprint density at radius 1 is 1.33 bits per heavy atom. The summed E-state index contributed by atoms with van der Waals surface area (Å²) >= 11 is 1.64. The van der Waals surface area contributed by atoms with E-state index in [-0.39, 0.29) is 0 Å². The molecule has 1 fully saturated rings. The zero-order chi connectivity index (χ0) is 12.2. The highest BCUT2D eigenvalue weighted by Gasteiger charge is 2.17. The van der Waals surface area contributed by atoms with E-state index in [1.807, 2.05) is 18.2 Å². The average molecular weight is 260 g/mol. The Morgan fingerprint density at radius 2 is 2.33 bits per heavy atom. The maximum atomic E-state index is 4.63. The fourth-order valence-corrected chi connectivity index (χ4v) is 2.93. The van der Waals surface area contributed by atoms with E-state index in [4.69, 9.17) is 0 Å². The third kappa shape index (κ3) is 2.68. The number of aromatic nitrogens is 2. The number of hydrogen-bond donors (Lipinski definition) is 2. The van der Waals surface area contributed by atoms with E-state index in [1.165, 1.54) is 19.3 Å². The zero-order valence-electron chi connectivity index (χ0n) is 10.1. The molecule has 1 aliphatic rings. The molecule has 18 heavy (non-hydrogen) atoms. The number of pyridine rings is 1. The Balaban J connectivity index is 1.69. The van der Waals surface area contributed by atoms with Crippen molar-refractivity contribution in [1.29, 1.82) is 0 Å². The Kier molecular flexibility index (Phi) is 3.52. The van der Waals surface area contributed by atoms with E-state index < -0.39 is 0 Å².